The number of nitrogens with zero attached hydrogens (tertiary/aromatic N) is 2. The molecule has 0 saturated heterocycles. The van der Waals surface area contributed by atoms with Crippen LogP contribution in [0.1, 0.15) is 47.7 Å². The molecule has 1 fully saturated rings. The van der Waals surface area contributed by atoms with Crippen LogP contribution in [0, 0.1) is 0 Å². The van der Waals surface area contributed by atoms with Crippen molar-refractivity contribution in [2.75, 3.05) is 0 Å². The van der Waals surface area contributed by atoms with Gasteiger partial charge in [0.2, 0.25) is 0 Å². The molecule has 1 amide bonds. The average molecular weight is 347 g/mol. The van der Waals surface area contributed by atoms with E-state index in [9.17, 15) is 4.79 Å². The minimum atomic E-state index is -0.174. The third-order valence-corrected chi connectivity index (χ3v) is 5.02. The van der Waals surface area contributed by atoms with Crippen LogP contribution < -0.4 is 5.32 Å². The second-order valence-corrected chi connectivity index (χ2v) is 6.75. The molecule has 3 aromatic rings. The van der Waals surface area contributed by atoms with Crippen LogP contribution in [0.5, 0.6) is 0 Å². The van der Waals surface area contributed by atoms with Crippen LogP contribution in [0.15, 0.2) is 65.4 Å². The highest BCUT2D eigenvalue weighted by Crippen LogP contribution is 2.32. The molecule has 0 bridgehead atoms. The number of amides is 1. The molecular formula is C21H21N3O2. The van der Waals surface area contributed by atoms with Crippen LogP contribution in [-0.2, 0) is 0 Å². The highest BCUT2D eigenvalue weighted by Gasteiger charge is 2.24. The zero-order chi connectivity index (χ0) is 17.8. The van der Waals surface area contributed by atoms with Gasteiger partial charge in [-0.3, -0.25) is 9.78 Å². The number of benzene rings is 1. The monoisotopic (exact) mass is 347 g/mol. The van der Waals surface area contributed by atoms with E-state index in [-0.39, 0.29) is 11.9 Å². The van der Waals surface area contributed by atoms with Crippen LogP contribution in [0.4, 0.5) is 0 Å². The van der Waals surface area contributed by atoms with E-state index in [2.05, 4.69) is 39.7 Å². The molecule has 2 aromatic heterocycles. The number of nitrogens with one attached hydrogen (secondary N) is 1. The maximum absolute atomic E-state index is 12.5. The van der Waals surface area contributed by atoms with E-state index < -0.39 is 0 Å². The second kappa shape index (κ2) is 7.52. The first kappa shape index (κ1) is 16.5. The molecule has 1 saturated carbocycles. The van der Waals surface area contributed by atoms with Crippen molar-refractivity contribution >= 4 is 5.91 Å². The fourth-order valence-corrected chi connectivity index (χ4v) is 3.58. The van der Waals surface area contributed by atoms with Gasteiger partial charge < -0.3 is 9.84 Å². The summed E-state index contributed by atoms with van der Waals surface area (Å²) in [4.78, 5) is 16.5. The van der Waals surface area contributed by atoms with Crippen LogP contribution >= 0.6 is 0 Å². The van der Waals surface area contributed by atoms with Gasteiger partial charge in [0.25, 0.3) is 5.91 Å². The molecule has 5 nitrogen and oxygen atoms in total. The Hall–Kier alpha value is -2.95. The Kier molecular flexibility index (Phi) is 4.78. The van der Waals surface area contributed by atoms with Crippen molar-refractivity contribution in [3.05, 3.63) is 72.2 Å². The number of rotatable bonds is 4. The molecular weight excluding hydrogens is 326 g/mol. The first-order chi connectivity index (χ1) is 12.8. The SMILES string of the molecule is O=C(NC1CCC(c2ccccc2)CC1)c1cc(-c2cccnc2)on1. The maximum Gasteiger partial charge on any atom is 0.273 e. The zero-order valence-corrected chi connectivity index (χ0v) is 14.5. The normalized spacial score (nSPS) is 19.8. The summed E-state index contributed by atoms with van der Waals surface area (Å²) in [7, 11) is 0. The van der Waals surface area contributed by atoms with Gasteiger partial charge in [-0.2, -0.15) is 0 Å². The quantitative estimate of drug-likeness (QED) is 0.768. The highest BCUT2D eigenvalue weighted by atomic mass is 16.5. The lowest BCUT2D eigenvalue weighted by atomic mass is 9.82. The summed E-state index contributed by atoms with van der Waals surface area (Å²) < 4.78 is 5.29. The van der Waals surface area contributed by atoms with E-state index in [4.69, 9.17) is 4.52 Å². The standard InChI is InChI=1S/C21H21N3O2/c25-21(19-13-20(26-24-19)17-7-4-12-22-14-17)23-18-10-8-16(9-11-18)15-5-2-1-3-6-15/h1-7,12-14,16,18H,8-11H2,(H,23,25). The molecule has 1 aliphatic rings. The molecule has 4 rings (SSSR count). The lowest BCUT2D eigenvalue weighted by molar-refractivity contribution is 0.0916. The number of pyridine rings is 1. The molecule has 1 aromatic carbocycles. The van der Waals surface area contributed by atoms with Gasteiger partial charge in [-0.05, 0) is 49.3 Å². The van der Waals surface area contributed by atoms with Crippen LogP contribution in [-0.4, -0.2) is 22.1 Å². The Labute approximate surface area is 152 Å². The second-order valence-electron chi connectivity index (χ2n) is 6.75. The zero-order valence-electron chi connectivity index (χ0n) is 14.5. The lowest BCUT2D eigenvalue weighted by Gasteiger charge is -2.29. The summed E-state index contributed by atoms with van der Waals surface area (Å²) in [6.07, 6.45) is 7.53. The predicted molar refractivity (Wildman–Crippen MR) is 98.6 cm³/mol. The van der Waals surface area contributed by atoms with Crippen molar-refractivity contribution in [2.24, 2.45) is 0 Å². The lowest BCUT2D eigenvalue weighted by Crippen LogP contribution is -2.37. The largest absolute Gasteiger partial charge is 0.355 e. The Bertz CT molecular complexity index is 853. The predicted octanol–water partition coefficient (Wildman–Crippen LogP) is 4.19. The minimum absolute atomic E-state index is 0.174. The summed E-state index contributed by atoms with van der Waals surface area (Å²) in [6, 6.07) is 16.2. The Balaban J connectivity index is 1.34. The number of carbonyl (C=O) groups is 1. The van der Waals surface area contributed by atoms with Crippen molar-refractivity contribution < 1.29 is 9.32 Å². The molecule has 5 heteroatoms. The molecule has 132 valence electrons. The van der Waals surface area contributed by atoms with Gasteiger partial charge >= 0.3 is 0 Å². The number of hydrogen-bond donors (Lipinski definition) is 1. The third kappa shape index (κ3) is 3.67. The Morgan fingerprint density at radius 3 is 2.58 bits per heavy atom. The molecule has 1 aliphatic carbocycles. The molecule has 2 heterocycles. The number of carbonyl (C=O) groups excluding carboxylic acids is 1. The van der Waals surface area contributed by atoms with Crippen molar-refractivity contribution in [2.45, 2.75) is 37.6 Å². The van der Waals surface area contributed by atoms with Crippen LogP contribution in [0.25, 0.3) is 11.3 Å². The number of hydrogen-bond acceptors (Lipinski definition) is 4. The van der Waals surface area contributed by atoms with E-state index in [1.807, 2.05) is 18.2 Å². The number of aromatic nitrogens is 2. The van der Waals surface area contributed by atoms with E-state index in [1.54, 1.807) is 18.5 Å². The third-order valence-electron chi connectivity index (χ3n) is 5.02. The van der Waals surface area contributed by atoms with E-state index in [0.717, 1.165) is 31.2 Å². The highest BCUT2D eigenvalue weighted by molar-refractivity contribution is 5.93. The molecule has 26 heavy (non-hydrogen) atoms. The topological polar surface area (TPSA) is 68.0 Å². The smallest absolute Gasteiger partial charge is 0.273 e. The van der Waals surface area contributed by atoms with Crippen molar-refractivity contribution in [1.82, 2.24) is 15.5 Å². The van der Waals surface area contributed by atoms with Crippen molar-refractivity contribution in [1.29, 1.82) is 0 Å². The molecule has 0 radical (unpaired) electrons. The van der Waals surface area contributed by atoms with Gasteiger partial charge in [0.05, 0.1) is 0 Å². The molecule has 0 spiro atoms. The van der Waals surface area contributed by atoms with E-state index >= 15 is 0 Å². The molecule has 1 N–H and O–H groups in total. The summed E-state index contributed by atoms with van der Waals surface area (Å²) >= 11 is 0. The Morgan fingerprint density at radius 2 is 1.85 bits per heavy atom. The van der Waals surface area contributed by atoms with Crippen LogP contribution in [0.3, 0.4) is 0 Å². The van der Waals surface area contributed by atoms with Gasteiger partial charge in [-0.15, -0.1) is 0 Å². The van der Waals surface area contributed by atoms with E-state index in [1.165, 1.54) is 5.56 Å². The molecule has 0 atom stereocenters. The summed E-state index contributed by atoms with van der Waals surface area (Å²) in [5.41, 5.74) is 2.52. The fraction of sp³-hybridized carbons (Fsp3) is 0.286. The Morgan fingerprint density at radius 1 is 1.04 bits per heavy atom. The summed E-state index contributed by atoms with van der Waals surface area (Å²) in [5.74, 6) is 0.969. The van der Waals surface area contributed by atoms with Gasteiger partial charge in [-0.1, -0.05) is 35.5 Å². The van der Waals surface area contributed by atoms with E-state index in [0.29, 0.717) is 17.4 Å². The van der Waals surface area contributed by atoms with Crippen molar-refractivity contribution in [3.8, 4) is 11.3 Å². The van der Waals surface area contributed by atoms with Gasteiger partial charge in [-0.25, -0.2) is 0 Å². The van der Waals surface area contributed by atoms with Gasteiger partial charge in [0, 0.05) is 30.1 Å². The summed E-state index contributed by atoms with van der Waals surface area (Å²) in [5, 5.41) is 7.00. The summed E-state index contributed by atoms with van der Waals surface area (Å²) in [6.45, 7) is 0. The maximum atomic E-state index is 12.5. The first-order valence-electron chi connectivity index (χ1n) is 9.02. The average Bonchev–Trinajstić information content (AvgIpc) is 3.20. The first-order valence-corrected chi connectivity index (χ1v) is 9.02. The van der Waals surface area contributed by atoms with Crippen molar-refractivity contribution in [3.63, 3.8) is 0 Å². The molecule has 0 unspecified atom stereocenters. The molecule has 0 aliphatic heterocycles. The fourth-order valence-electron chi connectivity index (χ4n) is 3.58. The van der Waals surface area contributed by atoms with Gasteiger partial charge in [0.1, 0.15) is 0 Å². The van der Waals surface area contributed by atoms with Gasteiger partial charge in [0.15, 0.2) is 11.5 Å². The minimum Gasteiger partial charge on any atom is -0.355 e. The van der Waals surface area contributed by atoms with Crippen LogP contribution in [0.2, 0.25) is 0 Å².